The highest BCUT2D eigenvalue weighted by Gasteiger charge is 2.10. The zero-order chi connectivity index (χ0) is 26.5. The zero-order valence-electron chi connectivity index (χ0n) is 22.4. The Hall–Kier alpha value is -3.67. The zero-order valence-corrected chi connectivity index (χ0v) is 22.4. The summed E-state index contributed by atoms with van der Waals surface area (Å²) < 4.78 is 28.2. The highest BCUT2D eigenvalue weighted by atomic mass is 16.5. The van der Waals surface area contributed by atoms with Crippen LogP contribution in [0.15, 0.2) is 60.7 Å². The Kier molecular flexibility index (Phi) is 11.2. The lowest BCUT2D eigenvalue weighted by molar-refractivity contribution is -0.139. The van der Waals surface area contributed by atoms with E-state index in [1.165, 1.54) is 7.11 Å². The normalized spacial score (nSPS) is 10.6. The van der Waals surface area contributed by atoms with Gasteiger partial charge in [-0.05, 0) is 78.1 Å². The first-order valence-electron chi connectivity index (χ1n) is 12.9. The van der Waals surface area contributed by atoms with E-state index in [0.29, 0.717) is 13.2 Å². The van der Waals surface area contributed by atoms with Crippen molar-refractivity contribution in [2.24, 2.45) is 0 Å². The Labute approximate surface area is 220 Å². The van der Waals surface area contributed by atoms with Crippen LogP contribution in [0, 0.1) is 0 Å². The van der Waals surface area contributed by atoms with Crippen molar-refractivity contribution in [3.63, 3.8) is 0 Å². The molecule has 0 aliphatic rings. The van der Waals surface area contributed by atoms with Crippen LogP contribution in [0.4, 0.5) is 0 Å². The predicted octanol–water partition coefficient (Wildman–Crippen LogP) is 6.96. The third-order valence-corrected chi connectivity index (χ3v) is 5.87. The van der Waals surface area contributed by atoms with Gasteiger partial charge in [-0.1, -0.05) is 38.8 Å². The average molecular weight is 507 g/mol. The topological polar surface area (TPSA) is 63.2 Å². The smallest absolute Gasteiger partial charge is 0.309 e. The van der Waals surface area contributed by atoms with E-state index in [1.807, 2.05) is 60.7 Å². The number of hydrogen-bond acceptors (Lipinski definition) is 6. The number of methoxy groups -OCH3 is 2. The maximum absolute atomic E-state index is 11.6. The van der Waals surface area contributed by atoms with Crippen molar-refractivity contribution < 1.29 is 28.5 Å². The Morgan fingerprint density at radius 1 is 0.703 bits per heavy atom. The van der Waals surface area contributed by atoms with Gasteiger partial charge in [-0.2, -0.15) is 0 Å². The second kappa shape index (κ2) is 14.8. The molecule has 0 spiro atoms. The number of carbonyl (C=O) groups excluding carboxylic acids is 1. The fourth-order valence-electron chi connectivity index (χ4n) is 4.01. The molecule has 0 atom stereocenters. The Balaban J connectivity index is 1.53. The molecule has 0 aliphatic carbocycles. The number of aryl methyl sites for hydroxylation is 2. The maximum Gasteiger partial charge on any atom is 0.309 e. The molecular weight excluding hydrogens is 468 g/mol. The number of carbonyl (C=O) groups is 1. The van der Waals surface area contributed by atoms with Gasteiger partial charge >= 0.3 is 5.97 Å². The summed E-state index contributed by atoms with van der Waals surface area (Å²) >= 11 is 0. The fraction of sp³-hybridized carbons (Fsp3) is 0.387. The van der Waals surface area contributed by atoms with Crippen LogP contribution in [0.2, 0.25) is 0 Å². The molecule has 3 rings (SSSR count). The number of esters is 1. The first-order valence-corrected chi connectivity index (χ1v) is 12.9. The van der Waals surface area contributed by atoms with Gasteiger partial charge in [0.1, 0.15) is 28.7 Å². The van der Waals surface area contributed by atoms with Crippen LogP contribution in [-0.4, -0.2) is 33.4 Å². The van der Waals surface area contributed by atoms with Gasteiger partial charge in [-0.25, -0.2) is 0 Å². The van der Waals surface area contributed by atoms with E-state index in [2.05, 4.69) is 13.8 Å². The SMILES string of the molecule is CCCc1cc(CC(=O)OC)ccc1OCCCOc1ccc(Oc2ccc(OC)cc2)cc1CCC. The van der Waals surface area contributed by atoms with Gasteiger partial charge in [-0.3, -0.25) is 4.79 Å². The average Bonchev–Trinajstić information content (AvgIpc) is 2.91. The minimum atomic E-state index is -0.240. The maximum atomic E-state index is 11.6. The largest absolute Gasteiger partial charge is 0.497 e. The molecule has 0 amide bonds. The van der Waals surface area contributed by atoms with E-state index in [1.54, 1.807) is 7.11 Å². The van der Waals surface area contributed by atoms with Crippen LogP contribution in [0.25, 0.3) is 0 Å². The monoisotopic (exact) mass is 506 g/mol. The van der Waals surface area contributed by atoms with Crippen molar-refractivity contribution in [1.82, 2.24) is 0 Å². The van der Waals surface area contributed by atoms with E-state index in [9.17, 15) is 4.79 Å². The molecule has 198 valence electrons. The Morgan fingerprint density at radius 3 is 1.86 bits per heavy atom. The summed E-state index contributed by atoms with van der Waals surface area (Å²) in [6, 6.07) is 19.4. The third kappa shape index (κ3) is 8.74. The summed E-state index contributed by atoms with van der Waals surface area (Å²) in [5.41, 5.74) is 3.18. The highest BCUT2D eigenvalue weighted by molar-refractivity contribution is 5.72. The van der Waals surface area contributed by atoms with Crippen molar-refractivity contribution in [1.29, 1.82) is 0 Å². The third-order valence-electron chi connectivity index (χ3n) is 5.87. The second-order valence-electron chi connectivity index (χ2n) is 8.79. The van der Waals surface area contributed by atoms with Crippen LogP contribution < -0.4 is 18.9 Å². The molecule has 3 aromatic carbocycles. The van der Waals surface area contributed by atoms with Gasteiger partial charge in [0.25, 0.3) is 0 Å². The molecule has 0 bridgehead atoms. The van der Waals surface area contributed by atoms with Gasteiger partial charge in [-0.15, -0.1) is 0 Å². The molecule has 0 radical (unpaired) electrons. The molecule has 0 saturated carbocycles. The second-order valence-corrected chi connectivity index (χ2v) is 8.79. The summed E-state index contributed by atoms with van der Waals surface area (Å²) in [5, 5.41) is 0. The predicted molar refractivity (Wildman–Crippen MR) is 145 cm³/mol. The van der Waals surface area contributed by atoms with Crippen molar-refractivity contribution in [3.8, 4) is 28.7 Å². The quantitative estimate of drug-likeness (QED) is 0.164. The first-order chi connectivity index (χ1) is 18.1. The van der Waals surface area contributed by atoms with Gasteiger partial charge < -0.3 is 23.7 Å². The van der Waals surface area contributed by atoms with Crippen molar-refractivity contribution in [2.75, 3.05) is 27.4 Å². The van der Waals surface area contributed by atoms with Gasteiger partial charge in [0.05, 0.1) is 33.9 Å². The fourth-order valence-corrected chi connectivity index (χ4v) is 4.01. The summed E-state index contributed by atoms with van der Waals surface area (Å²) in [4.78, 5) is 11.6. The van der Waals surface area contributed by atoms with E-state index in [0.717, 1.165) is 77.5 Å². The van der Waals surface area contributed by atoms with Crippen LogP contribution in [0.5, 0.6) is 28.7 Å². The highest BCUT2D eigenvalue weighted by Crippen LogP contribution is 2.30. The lowest BCUT2D eigenvalue weighted by Gasteiger charge is -2.15. The molecule has 0 heterocycles. The lowest BCUT2D eigenvalue weighted by Crippen LogP contribution is -2.08. The summed E-state index contributed by atoms with van der Waals surface area (Å²) in [6.45, 7) is 5.39. The Morgan fingerprint density at radius 2 is 1.27 bits per heavy atom. The summed E-state index contributed by atoms with van der Waals surface area (Å²) in [7, 11) is 3.05. The van der Waals surface area contributed by atoms with E-state index >= 15 is 0 Å². The number of rotatable bonds is 15. The molecule has 3 aromatic rings. The van der Waals surface area contributed by atoms with Gasteiger partial charge in [0, 0.05) is 6.42 Å². The van der Waals surface area contributed by atoms with Crippen LogP contribution in [-0.2, 0) is 28.8 Å². The van der Waals surface area contributed by atoms with Crippen molar-refractivity contribution >= 4 is 5.97 Å². The first kappa shape index (κ1) is 27.9. The summed E-state index contributed by atoms with van der Waals surface area (Å²) in [6.07, 6.45) is 4.84. The molecular formula is C31H38O6. The van der Waals surface area contributed by atoms with Gasteiger partial charge in [0.15, 0.2) is 0 Å². The molecule has 0 N–H and O–H groups in total. The molecule has 37 heavy (non-hydrogen) atoms. The van der Waals surface area contributed by atoms with E-state index in [4.69, 9.17) is 23.7 Å². The number of benzene rings is 3. The van der Waals surface area contributed by atoms with Crippen LogP contribution >= 0.6 is 0 Å². The lowest BCUT2D eigenvalue weighted by atomic mass is 10.0. The Bertz CT molecular complexity index is 1120. The standard InChI is InChI=1S/C31H38O6/c1-5-8-24-20-23(21-31(32)34-4)10-16-29(24)35-18-7-19-36-30-17-15-28(22-25(30)9-6-2)37-27-13-11-26(33-3)12-14-27/h10-17,20,22H,5-9,18-19,21H2,1-4H3. The summed E-state index contributed by atoms with van der Waals surface area (Å²) in [5.74, 6) is 3.84. The molecule has 0 unspecified atom stereocenters. The van der Waals surface area contributed by atoms with Crippen molar-refractivity contribution in [2.45, 2.75) is 52.4 Å². The molecule has 0 fully saturated rings. The molecule has 6 nitrogen and oxygen atoms in total. The van der Waals surface area contributed by atoms with Crippen molar-refractivity contribution in [3.05, 3.63) is 77.4 Å². The van der Waals surface area contributed by atoms with Crippen LogP contribution in [0.1, 0.15) is 49.8 Å². The molecule has 6 heteroatoms. The minimum absolute atomic E-state index is 0.240. The van der Waals surface area contributed by atoms with Gasteiger partial charge in [0.2, 0.25) is 0 Å². The number of ether oxygens (including phenoxy) is 5. The molecule has 0 aromatic heterocycles. The minimum Gasteiger partial charge on any atom is -0.497 e. The number of hydrogen-bond donors (Lipinski definition) is 0. The molecule has 0 aliphatic heterocycles. The van der Waals surface area contributed by atoms with E-state index < -0.39 is 0 Å². The van der Waals surface area contributed by atoms with Crippen LogP contribution in [0.3, 0.4) is 0 Å². The van der Waals surface area contributed by atoms with E-state index in [-0.39, 0.29) is 12.4 Å². The molecule has 0 saturated heterocycles.